The van der Waals surface area contributed by atoms with Gasteiger partial charge in [0.05, 0.1) is 12.1 Å². The highest BCUT2D eigenvalue weighted by Gasteiger charge is 2.25. The maximum absolute atomic E-state index is 12.3. The predicted octanol–water partition coefficient (Wildman–Crippen LogP) is 3.43. The molecule has 128 valence electrons. The largest absolute Gasteiger partial charge is 0.322 e. The Balaban J connectivity index is 2.36. The second-order valence-electron chi connectivity index (χ2n) is 4.71. The molecule has 1 N–H and O–H groups in total. The van der Waals surface area contributed by atoms with Crippen LogP contribution in [0.25, 0.3) is 0 Å². The predicted molar refractivity (Wildman–Crippen MR) is 92.8 cm³/mol. The van der Waals surface area contributed by atoms with E-state index in [1.54, 1.807) is 24.3 Å². The molecule has 0 fully saturated rings. The van der Waals surface area contributed by atoms with Crippen molar-refractivity contribution in [1.29, 1.82) is 0 Å². The molecule has 0 saturated carbocycles. The van der Waals surface area contributed by atoms with Gasteiger partial charge in [-0.3, -0.25) is 9.63 Å². The number of nitrogens with one attached hydrogen (secondary N) is 1. The number of anilines is 1. The van der Waals surface area contributed by atoms with Gasteiger partial charge in [0.1, 0.15) is 4.90 Å². The van der Waals surface area contributed by atoms with Gasteiger partial charge in [-0.25, -0.2) is 8.42 Å². The second-order valence-corrected chi connectivity index (χ2v) is 7.45. The molecule has 0 unspecified atom stereocenters. The summed E-state index contributed by atoms with van der Waals surface area (Å²) in [5.41, 5.74) is 0.614. The van der Waals surface area contributed by atoms with Crippen LogP contribution >= 0.6 is 23.2 Å². The van der Waals surface area contributed by atoms with E-state index in [2.05, 4.69) is 5.32 Å². The molecule has 0 bridgehead atoms. The summed E-state index contributed by atoms with van der Waals surface area (Å²) in [4.78, 5) is 16.8. The Bertz CT molecular complexity index is 872. The summed E-state index contributed by atoms with van der Waals surface area (Å²) in [6, 6.07) is 10.5. The molecule has 0 aliphatic heterocycles. The molecule has 0 aromatic heterocycles. The minimum Gasteiger partial charge on any atom is -0.322 e. The first-order valence-corrected chi connectivity index (χ1v) is 8.85. The van der Waals surface area contributed by atoms with Crippen LogP contribution in [0.3, 0.4) is 0 Å². The first kappa shape index (κ1) is 18.7. The van der Waals surface area contributed by atoms with Gasteiger partial charge < -0.3 is 5.32 Å². The van der Waals surface area contributed by atoms with E-state index in [0.717, 1.165) is 0 Å². The van der Waals surface area contributed by atoms with Crippen LogP contribution in [0.1, 0.15) is 10.4 Å². The van der Waals surface area contributed by atoms with Crippen LogP contribution in [0.4, 0.5) is 5.69 Å². The van der Waals surface area contributed by atoms with Gasteiger partial charge in [-0.1, -0.05) is 33.7 Å². The van der Waals surface area contributed by atoms with E-state index in [9.17, 15) is 13.2 Å². The lowest BCUT2D eigenvalue weighted by Gasteiger charge is -2.16. The van der Waals surface area contributed by atoms with Crippen LogP contribution in [0.5, 0.6) is 0 Å². The summed E-state index contributed by atoms with van der Waals surface area (Å²) in [6.07, 6.45) is 0. The molecular weight excluding hydrogens is 375 g/mol. The molecule has 2 aromatic rings. The van der Waals surface area contributed by atoms with Gasteiger partial charge in [0, 0.05) is 23.3 Å². The van der Waals surface area contributed by atoms with Crippen molar-refractivity contribution >= 4 is 44.8 Å². The maximum Gasteiger partial charge on any atom is 0.266 e. The fourth-order valence-electron chi connectivity index (χ4n) is 1.85. The third kappa shape index (κ3) is 4.06. The number of sulfonamides is 1. The molecule has 0 heterocycles. The van der Waals surface area contributed by atoms with Crippen molar-refractivity contribution in [2.45, 2.75) is 4.90 Å². The van der Waals surface area contributed by atoms with Gasteiger partial charge in [0.2, 0.25) is 0 Å². The Morgan fingerprint density at radius 1 is 1.17 bits per heavy atom. The summed E-state index contributed by atoms with van der Waals surface area (Å²) >= 11 is 11.8. The SMILES string of the molecule is CON(C)S(=O)(=O)c1cc(C(=O)Nc2cccc(Cl)c2)ccc1Cl. The van der Waals surface area contributed by atoms with Crippen LogP contribution < -0.4 is 5.32 Å². The number of halogens is 2. The Hall–Kier alpha value is -1.64. The van der Waals surface area contributed by atoms with E-state index in [1.165, 1.54) is 32.4 Å². The number of amides is 1. The molecule has 0 aliphatic carbocycles. The number of carbonyl (C=O) groups excluding carboxylic acids is 1. The van der Waals surface area contributed by atoms with E-state index in [-0.39, 0.29) is 15.5 Å². The third-order valence-corrected chi connectivity index (χ3v) is 5.55. The molecule has 0 atom stereocenters. The monoisotopic (exact) mass is 388 g/mol. The molecule has 0 aliphatic rings. The summed E-state index contributed by atoms with van der Waals surface area (Å²) in [6.45, 7) is 0. The molecular formula is C15H14Cl2N2O4S. The summed E-state index contributed by atoms with van der Waals surface area (Å²) < 4.78 is 25.3. The highest BCUT2D eigenvalue weighted by atomic mass is 35.5. The first-order chi connectivity index (χ1) is 11.3. The van der Waals surface area contributed by atoms with E-state index in [1.807, 2.05) is 0 Å². The van der Waals surface area contributed by atoms with E-state index in [0.29, 0.717) is 15.2 Å². The van der Waals surface area contributed by atoms with Crippen molar-refractivity contribution < 1.29 is 18.0 Å². The Kier molecular flexibility index (Phi) is 5.84. The lowest BCUT2D eigenvalue weighted by atomic mass is 10.2. The maximum atomic E-state index is 12.3. The number of benzene rings is 2. The average Bonchev–Trinajstić information content (AvgIpc) is 2.54. The number of carbonyl (C=O) groups is 1. The summed E-state index contributed by atoms with van der Waals surface area (Å²) in [7, 11) is -1.54. The average molecular weight is 389 g/mol. The van der Waals surface area contributed by atoms with Gasteiger partial charge in [0.25, 0.3) is 15.9 Å². The molecule has 0 spiro atoms. The zero-order valence-electron chi connectivity index (χ0n) is 12.8. The number of hydroxylamine groups is 1. The molecule has 0 radical (unpaired) electrons. The lowest BCUT2D eigenvalue weighted by molar-refractivity contribution is -0.0258. The molecule has 6 nitrogen and oxygen atoms in total. The van der Waals surface area contributed by atoms with E-state index < -0.39 is 15.9 Å². The van der Waals surface area contributed by atoms with Crippen LogP contribution in [0.2, 0.25) is 10.0 Å². The Morgan fingerprint density at radius 2 is 1.88 bits per heavy atom. The standard InChI is InChI=1S/C15H14Cl2N2O4S/c1-19(23-2)24(21,22)14-8-10(6-7-13(14)17)15(20)18-12-5-3-4-11(16)9-12/h3-9H,1-2H3,(H,18,20). The van der Waals surface area contributed by atoms with Gasteiger partial charge >= 0.3 is 0 Å². The number of rotatable bonds is 5. The van der Waals surface area contributed by atoms with Crippen molar-refractivity contribution in [2.24, 2.45) is 0 Å². The molecule has 2 rings (SSSR count). The van der Waals surface area contributed by atoms with Gasteiger partial charge in [0.15, 0.2) is 0 Å². The van der Waals surface area contributed by atoms with Crippen LogP contribution in [-0.2, 0) is 14.9 Å². The number of hydrogen-bond donors (Lipinski definition) is 1. The molecule has 1 amide bonds. The van der Waals surface area contributed by atoms with E-state index in [4.69, 9.17) is 28.0 Å². The quantitative estimate of drug-likeness (QED) is 0.796. The fourth-order valence-corrected chi connectivity index (χ4v) is 3.51. The van der Waals surface area contributed by atoms with Crippen molar-refractivity contribution in [3.05, 3.63) is 58.1 Å². The molecule has 9 heteroatoms. The number of nitrogens with zero attached hydrogens (tertiary/aromatic N) is 1. The van der Waals surface area contributed by atoms with E-state index >= 15 is 0 Å². The van der Waals surface area contributed by atoms with Crippen LogP contribution in [0, 0.1) is 0 Å². The van der Waals surface area contributed by atoms with Gasteiger partial charge in [-0.2, -0.15) is 0 Å². The zero-order valence-corrected chi connectivity index (χ0v) is 15.1. The summed E-state index contributed by atoms with van der Waals surface area (Å²) in [5.74, 6) is -0.495. The third-order valence-electron chi connectivity index (χ3n) is 3.15. The highest BCUT2D eigenvalue weighted by molar-refractivity contribution is 7.89. The van der Waals surface area contributed by atoms with Crippen LogP contribution in [0.15, 0.2) is 47.4 Å². The smallest absolute Gasteiger partial charge is 0.266 e. The highest BCUT2D eigenvalue weighted by Crippen LogP contribution is 2.26. The summed E-state index contributed by atoms with van der Waals surface area (Å²) in [5, 5.41) is 3.09. The number of hydrogen-bond acceptors (Lipinski definition) is 4. The minimum atomic E-state index is -3.98. The molecule has 24 heavy (non-hydrogen) atoms. The topological polar surface area (TPSA) is 75.7 Å². The van der Waals surface area contributed by atoms with Crippen molar-refractivity contribution in [2.75, 3.05) is 19.5 Å². The second kappa shape index (κ2) is 7.50. The lowest BCUT2D eigenvalue weighted by Crippen LogP contribution is -2.26. The first-order valence-electron chi connectivity index (χ1n) is 6.65. The molecule has 0 saturated heterocycles. The van der Waals surface area contributed by atoms with Crippen LogP contribution in [-0.4, -0.2) is 33.0 Å². The molecule has 2 aromatic carbocycles. The fraction of sp³-hybridized carbons (Fsp3) is 0.133. The van der Waals surface area contributed by atoms with Crippen molar-refractivity contribution in [3.8, 4) is 0 Å². The van der Waals surface area contributed by atoms with Crippen molar-refractivity contribution in [1.82, 2.24) is 4.47 Å². The van der Waals surface area contributed by atoms with Crippen molar-refractivity contribution in [3.63, 3.8) is 0 Å². The van der Waals surface area contributed by atoms with Gasteiger partial charge in [-0.15, -0.1) is 0 Å². The Morgan fingerprint density at radius 3 is 2.50 bits per heavy atom. The zero-order chi connectivity index (χ0) is 17.9. The Labute approximate surface area is 149 Å². The minimum absolute atomic E-state index is 0.0156. The van der Waals surface area contributed by atoms with Gasteiger partial charge in [-0.05, 0) is 36.4 Å². The normalized spacial score (nSPS) is 11.5.